The van der Waals surface area contributed by atoms with Crippen LogP contribution in [-0.4, -0.2) is 40.7 Å². The Labute approximate surface area is 170 Å². The molecule has 0 aliphatic carbocycles. The van der Waals surface area contributed by atoms with Gasteiger partial charge < -0.3 is 14.7 Å². The van der Waals surface area contributed by atoms with E-state index >= 15 is 0 Å². The van der Waals surface area contributed by atoms with Crippen LogP contribution in [-0.2, 0) is 17.6 Å². The van der Waals surface area contributed by atoms with Crippen LogP contribution < -0.4 is 10.2 Å². The van der Waals surface area contributed by atoms with Gasteiger partial charge in [0.05, 0.1) is 5.69 Å². The molecule has 1 aliphatic heterocycles. The lowest BCUT2D eigenvalue weighted by Crippen LogP contribution is -2.25. The van der Waals surface area contributed by atoms with E-state index in [2.05, 4.69) is 32.5 Å². The van der Waals surface area contributed by atoms with Gasteiger partial charge in [-0.05, 0) is 38.2 Å². The predicted molar refractivity (Wildman–Crippen MR) is 112 cm³/mol. The highest BCUT2D eigenvalue weighted by Crippen LogP contribution is 2.29. The van der Waals surface area contributed by atoms with Crippen LogP contribution in [0.4, 0.5) is 5.82 Å². The molecular weight excluding hydrogens is 366 g/mol. The summed E-state index contributed by atoms with van der Waals surface area (Å²) in [5.41, 5.74) is 2.61. The van der Waals surface area contributed by atoms with E-state index in [0.29, 0.717) is 30.9 Å². The number of rotatable bonds is 8. The van der Waals surface area contributed by atoms with Crippen molar-refractivity contribution < 1.29 is 9.32 Å². The van der Waals surface area contributed by atoms with Gasteiger partial charge in [-0.3, -0.25) is 4.79 Å². The molecule has 1 aliphatic rings. The summed E-state index contributed by atoms with van der Waals surface area (Å²) in [6, 6.07) is 10.3. The van der Waals surface area contributed by atoms with Crippen LogP contribution in [0.25, 0.3) is 11.1 Å². The fraction of sp³-hybridized carbons (Fsp3) is 0.455. The number of nitrogens with zero attached hydrogens (tertiary/aromatic N) is 4. The number of amides is 1. The maximum absolute atomic E-state index is 12.2. The SMILES string of the molecule is Cc1noc2nc(CCC(=O)NCCCc3ccccc3)nc(N3CCCC3)c12. The normalized spacial score (nSPS) is 13.9. The summed E-state index contributed by atoms with van der Waals surface area (Å²) in [7, 11) is 0. The predicted octanol–water partition coefficient (Wildman–Crippen LogP) is 3.21. The van der Waals surface area contributed by atoms with Crippen molar-refractivity contribution in [1.29, 1.82) is 0 Å². The standard InChI is InChI=1S/C22H27N5O2/c1-16-20-21(27-14-5-6-15-27)24-18(25-22(20)29-26-16)11-12-19(28)23-13-7-10-17-8-3-2-4-9-17/h2-4,8-9H,5-7,10-15H2,1H3,(H,23,28). The van der Waals surface area contributed by atoms with E-state index in [-0.39, 0.29) is 5.91 Å². The van der Waals surface area contributed by atoms with Gasteiger partial charge in [0.2, 0.25) is 5.91 Å². The number of hydrogen-bond donors (Lipinski definition) is 1. The van der Waals surface area contributed by atoms with Crippen molar-refractivity contribution in [2.24, 2.45) is 0 Å². The van der Waals surface area contributed by atoms with Gasteiger partial charge in [0.1, 0.15) is 17.0 Å². The molecule has 3 aromatic rings. The summed E-state index contributed by atoms with van der Waals surface area (Å²) in [5.74, 6) is 1.55. The monoisotopic (exact) mass is 393 g/mol. The third kappa shape index (κ3) is 4.72. The van der Waals surface area contributed by atoms with Crippen molar-refractivity contribution in [3.8, 4) is 0 Å². The van der Waals surface area contributed by atoms with E-state index in [9.17, 15) is 4.79 Å². The van der Waals surface area contributed by atoms with Crippen LogP contribution in [0.3, 0.4) is 0 Å². The number of aryl methyl sites for hydroxylation is 3. The average Bonchev–Trinajstić information content (AvgIpc) is 3.40. The minimum atomic E-state index is 0.0261. The van der Waals surface area contributed by atoms with E-state index < -0.39 is 0 Å². The van der Waals surface area contributed by atoms with E-state index in [1.165, 1.54) is 5.56 Å². The van der Waals surface area contributed by atoms with Crippen LogP contribution in [0.1, 0.15) is 42.8 Å². The second-order valence-corrected chi connectivity index (χ2v) is 7.54. The number of anilines is 1. The number of fused-ring (bicyclic) bond motifs is 1. The fourth-order valence-electron chi connectivity index (χ4n) is 3.76. The quantitative estimate of drug-likeness (QED) is 0.592. The molecule has 0 atom stereocenters. The Bertz CT molecular complexity index is 964. The van der Waals surface area contributed by atoms with E-state index in [0.717, 1.165) is 55.7 Å². The summed E-state index contributed by atoms with van der Waals surface area (Å²) in [6.07, 6.45) is 5.07. The zero-order valence-electron chi connectivity index (χ0n) is 16.9. The Balaban J connectivity index is 1.32. The Morgan fingerprint density at radius 3 is 2.72 bits per heavy atom. The summed E-state index contributed by atoms with van der Waals surface area (Å²) < 4.78 is 5.39. The molecule has 0 unspecified atom stereocenters. The number of benzene rings is 1. The second-order valence-electron chi connectivity index (χ2n) is 7.54. The Kier molecular flexibility index (Phi) is 6.03. The van der Waals surface area contributed by atoms with Gasteiger partial charge in [-0.25, -0.2) is 4.98 Å². The van der Waals surface area contributed by atoms with Gasteiger partial charge in [0, 0.05) is 32.5 Å². The molecule has 0 radical (unpaired) electrons. The number of hydrogen-bond acceptors (Lipinski definition) is 6. The van der Waals surface area contributed by atoms with Crippen LogP contribution in [0, 0.1) is 6.92 Å². The zero-order valence-corrected chi connectivity index (χ0v) is 16.9. The highest BCUT2D eigenvalue weighted by molar-refractivity contribution is 5.88. The van der Waals surface area contributed by atoms with Crippen LogP contribution >= 0.6 is 0 Å². The van der Waals surface area contributed by atoms with Crippen molar-refractivity contribution in [1.82, 2.24) is 20.4 Å². The van der Waals surface area contributed by atoms with Gasteiger partial charge >= 0.3 is 0 Å². The largest absolute Gasteiger partial charge is 0.356 e. The molecule has 152 valence electrons. The lowest BCUT2D eigenvalue weighted by atomic mass is 10.1. The molecule has 2 aromatic heterocycles. The van der Waals surface area contributed by atoms with Gasteiger partial charge in [0.25, 0.3) is 5.71 Å². The summed E-state index contributed by atoms with van der Waals surface area (Å²) in [6.45, 7) is 4.56. The van der Waals surface area contributed by atoms with E-state index in [1.54, 1.807) is 0 Å². The fourth-order valence-corrected chi connectivity index (χ4v) is 3.76. The summed E-state index contributed by atoms with van der Waals surface area (Å²) >= 11 is 0. The first kappa shape index (κ1) is 19.4. The minimum Gasteiger partial charge on any atom is -0.356 e. The molecule has 7 nitrogen and oxygen atoms in total. The third-order valence-electron chi connectivity index (χ3n) is 5.32. The first-order chi connectivity index (χ1) is 14.2. The topological polar surface area (TPSA) is 84.1 Å². The highest BCUT2D eigenvalue weighted by Gasteiger charge is 2.22. The van der Waals surface area contributed by atoms with Gasteiger partial charge in [-0.2, -0.15) is 4.98 Å². The van der Waals surface area contributed by atoms with Gasteiger partial charge in [0.15, 0.2) is 0 Å². The molecule has 1 fully saturated rings. The molecule has 1 saturated heterocycles. The van der Waals surface area contributed by atoms with Crippen molar-refractivity contribution in [3.05, 3.63) is 47.4 Å². The minimum absolute atomic E-state index is 0.0261. The molecule has 0 spiro atoms. The van der Waals surface area contributed by atoms with Crippen LogP contribution in [0.5, 0.6) is 0 Å². The summed E-state index contributed by atoms with van der Waals surface area (Å²) in [5, 5.41) is 7.94. The lowest BCUT2D eigenvalue weighted by molar-refractivity contribution is -0.121. The second kappa shape index (κ2) is 9.03. The van der Waals surface area contributed by atoms with E-state index in [1.807, 2.05) is 25.1 Å². The summed E-state index contributed by atoms with van der Waals surface area (Å²) in [4.78, 5) is 23.7. The molecule has 7 heteroatoms. The smallest absolute Gasteiger partial charge is 0.263 e. The lowest BCUT2D eigenvalue weighted by Gasteiger charge is -2.17. The van der Waals surface area contributed by atoms with Crippen LogP contribution in [0.15, 0.2) is 34.9 Å². The van der Waals surface area contributed by atoms with Crippen molar-refractivity contribution in [2.75, 3.05) is 24.5 Å². The molecule has 0 saturated carbocycles. The molecular formula is C22H27N5O2. The molecule has 29 heavy (non-hydrogen) atoms. The number of carbonyl (C=O) groups is 1. The molecule has 1 aromatic carbocycles. The highest BCUT2D eigenvalue weighted by atomic mass is 16.5. The zero-order chi connectivity index (χ0) is 20.1. The third-order valence-corrected chi connectivity index (χ3v) is 5.32. The van der Waals surface area contributed by atoms with E-state index in [4.69, 9.17) is 9.51 Å². The van der Waals surface area contributed by atoms with Crippen molar-refractivity contribution >= 4 is 22.8 Å². The number of carbonyl (C=O) groups excluding carboxylic acids is 1. The molecule has 0 bridgehead atoms. The number of aromatic nitrogens is 3. The first-order valence-electron chi connectivity index (χ1n) is 10.4. The number of nitrogens with one attached hydrogen (secondary N) is 1. The maximum atomic E-state index is 12.2. The Hall–Kier alpha value is -2.96. The van der Waals surface area contributed by atoms with Crippen molar-refractivity contribution in [2.45, 2.75) is 45.4 Å². The van der Waals surface area contributed by atoms with Crippen molar-refractivity contribution in [3.63, 3.8) is 0 Å². The maximum Gasteiger partial charge on any atom is 0.263 e. The Morgan fingerprint density at radius 1 is 1.14 bits per heavy atom. The molecule has 1 amide bonds. The van der Waals surface area contributed by atoms with Gasteiger partial charge in [-0.1, -0.05) is 35.5 Å². The molecule has 4 rings (SSSR count). The van der Waals surface area contributed by atoms with Gasteiger partial charge in [-0.15, -0.1) is 0 Å². The first-order valence-corrected chi connectivity index (χ1v) is 10.4. The average molecular weight is 393 g/mol. The molecule has 1 N–H and O–H groups in total. The van der Waals surface area contributed by atoms with Crippen LogP contribution in [0.2, 0.25) is 0 Å². The molecule has 3 heterocycles. The Morgan fingerprint density at radius 2 is 1.93 bits per heavy atom.